The van der Waals surface area contributed by atoms with Gasteiger partial charge in [0, 0.05) is 18.7 Å². The second kappa shape index (κ2) is 8.43. The summed E-state index contributed by atoms with van der Waals surface area (Å²) in [7, 11) is 0. The van der Waals surface area contributed by atoms with Crippen LogP contribution >= 0.6 is 45.9 Å². The van der Waals surface area contributed by atoms with E-state index in [1.807, 2.05) is 17.9 Å². The van der Waals surface area contributed by atoms with Crippen molar-refractivity contribution in [2.45, 2.75) is 19.8 Å². The van der Waals surface area contributed by atoms with Crippen molar-refractivity contribution in [3.8, 4) is 0 Å². The van der Waals surface area contributed by atoms with Gasteiger partial charge in [0.15, 0.2) is 10.3 Å². The Morgan fingerprint density at radius 3 is 2.35 bits per heavy atom. The molecule has 0 aliphatic carbocycles. The molecule has 2 N–H and O–H groups in total. The van der Waals surface area contributed by atoms with Crippen molar-refractivity contribution < 1.29 is 4.79 Å². The maximum atomic E-state index is 12.3. The van der Waals surface area contributed by atoms with Crippen LogP contribution in [0, 0.1) is 6.92 Å². The molecule has 4 aromatic rings. The van der Waals surface area contributed by atoms with Crippen LogP contribution in [0.15, 0.2) is 24.3 Å². The largest absolute Gasteiger partial charge is 0.352 e. The van der Waals surface area contributed by atoms with Crippen LogP contribution in [0.5, 0.6) is 0 Å². The van der Waals surface area contributed by atoms with Gasteiger partial charge in [-0.2, -0.15) is 0 Å². The molecule has 1 saturated heterocycles. The topological polar surface area (TPSA) is 70.2 Å². The molecule has 1 amide bonds. The van der Waals surface area contributed by atoms with E-state index in [1.54, 1.807) is 34.8 Å². The first-order valence-electron chi connectivity index (χ1n) is 9.93. The molecule has 0 bridgehead atoms. The molecule has 1 aliphatic heterocycles. The van der Waals surface area contributed by atoms with Gasteiger partial charge in [0.25, 0.3) is 0 Å². The van der Waals surface area contributed by atoms with Gasteiger partial charge in [0.05, 0.1) is 42.7 Å². The summed E-state index contributed by atoms with van der Waals surface area (Å²) in [6.07, 6.45) is 2.19. The van der Waals surface area contributed by atoms with E-state index in [0.717, 1.165) is 62.2 Å². The van der Waals surface area contributed by atoms with Gasteiger partial charge in [0.1, 0.15) is 0 Å². The van der Waals surface area contributed by atoms with Crippen LogP contribution in [0.25, 0.3) is 20.4 Å². The fourth-order valence-electron chi connectivity index (χ4n) is 3.71. The van der Waals surface area contributed by atoms with Crippen LogP contribution in [0.2, 0.25) is 10.0 Å². The van der Waals surface area contributed by atoms with E-state index in [9.17, 15) is 4.79 Å². The van der Waals surface area contributed by atoms with Crippen molar-refractivity contribution in [2.24, 2.45) is 0 Å². The predicted octanol–water partition coefficient (Wildman–Crippen LogP) is 6.30. The van der Waals surface area contributed by atoms with E-state index in [1.165, 1.54) is 0 Å². The number of benzene rings is 2. The SMILES string of the molecule is Cc1c2nc(NCC(=O)N3CCCC3)sc2cc2sc(Nc3c(Cl)cccc3Cl)nc12. The molecule has 0 saturated carbocycles. The smallest absolute Gasteiger partial charge is 0.241 e. The number of amides is 1. The Balaban J connectivity index is 1.40. The van der Waals surface area contributed by atoms with Gasteiger partial charge >= 0.3 is 0 Å². The van der Waals surface area contributed by atoms with Crippen molar-refractivity contribution in [3.63, 3.8) is 0 Å². The number of aryl methyl sites for hydroxylation is 1. The maximum Gasteiger partial charge on any atom is 0.241 e. The van der Waals surface area contributed by atoms with Crippen molar-refractivity contribution in [2.75, 3.05) is 30.3 Å². The number of aromatic nitrogens is 2. The Labute approximate surface area is 197 Å². The summed E-state index contributed by atoms with van der Waals surface area (Å²) in [6, 6.07) is 7.48. The normalized spacial score (nSPS) is 14.0. The third kappa shape index (κ3) is 4.05. The van der Waals surface area contributed by atoms with E-state index in [0.29, 0.717) is 15.7 Å². The first kappa shape index (κ1) is 20.8. The molecule has 0 atom stereocenters. The molecule has 0 unspecified atom stereocenters. The van der Waals surface area contributed by atoms with Crippen LogP contribution in [0.3, 0.4) is 0 Å². The Morgan fingerprint density at radius 2 is 1.68 bits per heavy atom. The van der Waals surface area contributed by atoms with Crippen molar-refractivity contribution in [3.05, 3.63) is 39.9 Å². The molecule has 1 aliphatic rings. The average molecular weight is 492 g/mol. The summed E-state index contributed by atoms with van der Waals surface area (Å²) in [5.41, 5.74) is 3.46. The van der Waals surface area contributed by atoms with Crippen LogP contribution in [0.4, 0.5) is 16.0 Å². The maximum absolute atomic E-state index is 12.3. The Morgan fingerprint density at radius 1 is 1.06 bits per heavy atom. The van der Waals surface area contributed by atoms with E-state index in [4.69, 9.17) is 33.2 Å². The highest BCUT2D eigenvalue weighted by Crippen LogP contribution is 2.39. The zero-order chi connectivity index (χ0) is 21.5. The third-order valence-corrected chi connectivity index (χ3v) is 7.83. The summed E-state index contributed by atoms with van der Waals surface area (Å²) in [5, 5.41) is 9.02. The van der Waals surface area contributed by atoms with Gasteiger partial charge in [-0.15, -0.1) is 0 Å². The van der Waals surface area contributed by atoms with Gasteiger partial charge in [-0.3, -0.25) is 4.79 Å². The molecule has 0 radical (unpaired) electrons. The van der Waals surface area contributed by atoms with E-state index < -0.39 is 0 Å². The first-order valence-corrected chi connectivity index (χ1v) is 12.3. The molecule has 2 aromatic heterocycles. The number of likely N-dealkylation sites (tertiary alicyclic amines) is 1. The molecule has 0 spiro atoms. The molecular formula is C21H19Cl2N5OS2. The molecule has 1 fully saturated rings. The Hall–Kier alpha value is -2.13. The number of anilines is 3. The fourth-order valence-corrected chi connectivity index (χ4v) is 6.21. The van der Waals surface area contributed by atoms with Gasteiger partial charge in [-0.25, -0.2) is 9.97 Å². The number of rotatable bonds is 5. The predicted molar refractivity (Wildman–Crippen MR) is 132 cm³/mol. The molecule has 2 aromatic carbocycles. The minimum atomic E-state index is 0.130. The second-order valence-corrected chi connectivity index (χ2v) is 10.3. The quantitative estimate of drug-likeness (QED) is 0.342. The van der Waals surface area contributed by atoms with Crippen molar-refractivity contribution in [1.29, 1.82) is 0 Å². The average Bonchev–Trinajstić information content (AvgIpc) is 3.49. The van der Waals surface area contributed by atoms with Gasteiger partial charge in [-0.05, 0) is 38.0 Å². The molecule has 31 heavy (non-hydrogen) atoms. The summed E-state index contributed by atoms with van der Waals surface area (Å²) in [6.45, 7) is 4.02. The van der Waals surface area contributed by atoms with E-state index in [2.05, 4.69) is 16.7 Å². The number of carbonyl (C=O) groups excluding carboxylic acids is 1. The summed E-state index contributed by atoms with van der Waals surface area (Å²) in [5.74, 6) is 0.130. The molecule has 6 nitrogen and oxygen atoms in total. The van der Waals surface area contributed by atoms with Crippen molar-refractivity contribution >= 4 is 88.2 Å². The number of halogens is 2. The number of hydrogen-bond acceptors (Lipinski definition) is 7. The first-order chi connectivity index (χ1) is 15.0. The molecule has 3 heterocycles. The highest BCUT2D eigenvalue weighted by molar-refractivity contribution is 7.24. The number of nitrogens with zero attached hydrogens (tertiary/aromatic N) is 3. The zero-order valence-corrected chi connectivity index (χ0v) is 19.8. The molecule has 10 heteroatoms. The molecular weight excluding hydrogens is 473 g/mol. The standard InChI is InChI=1S/C21H19Cl2N5OS2/c1-11-17-14(30-20(25-17)24-10-16(29)28-7-2-3-8-28)9-15-18(11)26-21(31-15)27-19-12(22)5-4-6-13(19)23/h4-6,9H,2-3,7-8,10H2,1H3,(H,24,25)(H,26,27). The van der Waals surface area contributed by atoms with E-state index in [-0.39, 0.29) is 12.5 Å². The number of carbonyl (C=O) groups is 1. The lowest BCUT2D eigenvalue weighted by Crippen LogP contribution is -2.32. The monoisotopic (exact) mass is 491 g/mol. The number of fused-ring (bicyclic) bond motifs is 2. The molecule has 5 rings (SSSR count). The van der Waals surface area contributed by atoms with Crippen LogP contribution < -0.4 is 10.6 Å². The van der Waals surface area contributed by atoms with Gasteiger partial charge < -0.3 is 15.5 Å². The van der Waals surface area contributed by atoms with Gasteiger partial charge in [0.2, 0.25) is 5.91 Å². The molecule has 160 valence electrons. The van der Waals surface area contributed by atoms with Crippen LogP contribution in [-0.4, -0.2) is 40.4 Å². The highest BCUT2D eigenvalue weighted by atomic mass is 35.5. The second-order valence-electron chi connectivity index (χ2n) is 7.40. The van der Waals surface area contributed by atoms with Crippen LogP contribution in [0.1, 0.15) is 18.4 Å². The number of nitrogens with one attached hydrogen (secondary N) is 2. The number of para-hydroxylation sites is 1. The highest BCUT2D eigenvalue weighted by Gasteiger charge is 2.19. The summed E-state index contributed by atoms with van der Waals surface area (Å²) < 4.78 is 2.12. The lowest BCUT2D eigenvalue weighted by molar-refractivity contribution is -0.128. The van der Waals surface area contributed by atoms with Crippen molar-refractivity contribution in [1.82, 2.24) is 14.9 Å². The minimum absolute atomic E-state index is 0.130. The van der Waals surface area contributed by atoms with E-state index >= 15 is 0 Å². The number of hydrogen-bond donors (Lipinski definition) is 2. The minimum Gasteiger partial charge on any atom is -0.352 e. The Bertz CT molecular complexity index is 1280. The summed E-state index contributed by atoms with van der Waals surface area (Å²) in [4.78, 5) is 23.7. The summed E-state index contributed by atoms with van der Waals surface area (Å²) >= 11 is 15.6. The number of thiazole rings is 2. The third-order valence-electron chi connectivity index (χ3n) is 5.32. The van der Waals surface area contributed by atoms with Crippen LogP contribution in [-0.2, 0) is 4.79 Å². The lowest BCUT2D eigenvalue weighted by atomic mass is 10.2. The fraction of sp³-hybridized carbons (Fsp3) is 0.286. The lowest BCUT2D eigenvalue weighted by Gasteiger charge is -2.14. The zero-order valence-electron chi connectivity index (χ0n) is 16.7. The Kier molecular flexibility index (Phi) is 5.64. The van der Waals surface area contributed by atoms with Gasteiger partial charge in [-0.1, -0.05) is 51.9 Å².